The zero-order chi connectivity index (χ0) is 16.8. The van der Waals surface area contributed by atoms with E-state index in [1.807, 2.05) is 0 Å². The third-order valence-corrected chi connectivity index (χ3v) is 3.99. The Kier molecular flexibility index (Phi) is 5.20. The number of carbonyl (C=O) groups is 1. The number of pyridine rings is 1. The quantitative estimate of drug-likeness (QED) is 0.929. The van der Waals surface area contributed by atoms with Gasteiger partial charge in [-0.15, -0.1) is 0 Å². The second-order valence-corrected chi connectivity index (χ2v) is 5.72. The number of hydrogen-bond donors (Lipinski definition) is 1. The van der Waals surface area contributed by atoms with Gasteiger partial charge >= 0.3 is 0 Å². The average molecular weight is 327 g/mol. The van der Waals surface area contributed by atoms with Gasteiger partial charge in [0.05, 0.1) is 30.8 Å². The van der Waals surface area contributed by atoms with E-state index in [0.29, 0.717) is 17.1 Å². The van der Waals surface area contributed by atoms with Crippen LogP contribution in [-0.2, 0) is 0 Å². The average Bonchev–Trinajstić information content (AvgIpc) is 2.92. The van der Waals surface area contributed by atoms with Gasteiger partial charge in [-0.25, -0.2) is 15.0 Å². The fourth-order valence-corrected chi connectivity index (χ4v) is 2.66. The summed E-state index contributed by atoms with van der Waals surface area (Å²) in [4.78, 5) is 27.2. The molecule has 1 saturated heterocycles. The summed E-state index contributed by atoms with van der Waals surface area (Å²) in [5.74, 6) is 0.939. The van der Waals surface area contributed by atoms with Crippen LogP contribution in [0, 0.1) is 0 Å². The van der Waals surface area contributed by atoms with Crippen LogP contribution in [0.5, 0.6) is 5.88 Å². The molecule has 0 aromatic carbocycles. The van der Waals surface area contributed by atoms with Gasteiger partial charge < -0.3 is 15.0 Å². The molecule has 3 rings (SSSR count). The van der Waals surface area contributed by atoms with Crippen molar-refractivity contribution < 1.29 is 9.53 Å². The Morgan fingerprint density at radius 1 is 1.04 bits per heavy atom. The molecule has 126 valence electrons. The van der Waals surface area contributed by atoms with Gasteiger partial charge in [0.1, 0.15) is 0 Å². The molecule has 1 amide bonds. The van der Waals surface area contributed by atoms with E-state index in [-0.39, 0.29) is 5.91 Å². The van der Waals surface area contributed by atoms with Crippen molar-refractivity contribution in [2.75, 3.05) is 30.4 Å². The maximum absolute atomic E-state index is 12.2. The fraction of sp³-hybridized carbons (Fsp3) is 0.412. The smallest absolute Gasteiger partial charge is 0.257 e. The SMILES string of the molecule is COc1ccc(C(=O)Nc2cnc(N3CCCCCC3)nc2)cn1. The third kappa shape index (κ3) is 3.98. The molecule has 24 heavy (non-hydrogen) atoms. The van der Waals surface area contributed by atoms with E-state index in [1.54, 1.807) is 24.5 Å². The maximum Gasteiger partial charge on any atom is 0.257 e. The molecule has 2 aromatic rings. The molecule has 0 unspecified atom stereocenters. The van der Waals surface area contributed by atoms with Gasteiger partial charge in [-0.1, -0.05) is 12.8 Å². The predicted octanol–water partition coefficient (Wildman–Crippen LogP) is 2.51. The lowest BCUT2D eigenvalue weighted by atomic mass is 10.2. The Bertz CT molecular complexity index is 664. The van der Waals surface area contributed by atoms with Crippen LogP contribution in [0.25, 0.3) is 0 Å². The summed E-state index contributed by atoms with van der Waals surface area (Å²) >= 11 is 0. The van der Waals surface area contributed by atoms with Gasteiger partial charge in [-0.3, -0.25) is 4.79 Å². The van der Waals surface area contributed by atoms with E-state index in [4.69, 9.17) is 4.74 Å². The van der Waals surface area contributed by atoms with Crippen molar-refractivity contribution in [2.24, 2.45) is 0 Å². The molecule has 7 heteroatoms. The number of nitrogens with one attached hydrogen (secondary N) is 1. The lowest BCUT2D eigenvalue weighted by molar-refractivity contribution is 0.102. The van der Waals surface area contributed by atoms with E-state index in [0.717, 1.165) is 19.0 Å². The van der Waals surface area contributed by atoms with Gasteiger partial charge in [0.2, 0.25) is 11.8 Å². The Labute approximate surface area is 141 Å². The highest BCUT2D eigenvalue weighted by atomic mass is 16.5. The topological polar surface area (TPSA) is 80.2 Å². The van der Waals surface area contributed by atoms with Crippen molar-refractivity contribution in [2.45, 2.75) is 25.7 Å². The highest BCUT2D eigenvalue weighted by molar-refractivity contribution is 6.03. The monoisotopic (exact) mass is 327 g/mol. The van der Waals surface area contributed by atoms with Crippen molar-refractivity contribution in [1.29, 1.82) is 0 Å². The number of amides is 1. The van der Waals surface area contributed by atoms with E-state index < -0.39 is 0 Å². The first-order valence-electron chi connectivity index (χ1n) is 8.14. The normalized spacial score (nSPS) is 14.8. The summed E-state index contributed by atoms with van der Waals surface area (Å²) in [6.45, 7) is 1.98. The van der Waals surface area contributed by atoms with Crippen LogP contribution < -0.4 is 15.0 Å². The minimum absolute atomic E-state index is 0.253. The van der Waals surface area contributed by atoms with Gasteiger partial charge in [0.15, 0.2) is 0 Å². The number of hydrogen-bond acceptors (Lipinski definition) is 6. The summed E-state index contributed by atoms with van der Waals surface area (Å²) in [5.41, 5.74) is 1.02. The molecule has 1 aliphatic heterocycles. The number of aromatic nitrogens is 3. The van der Waals surface area contributed by atoms with E-state index in [2.05, 4.69) is 25.2 Å². The number of ether oxygens (including phenoxy) is 1. The maximum atomic E-state index is 12.2. The molecule has 0 bridgehead atoms. The van der Waals surface area contributed by atoms with Crippen molar-refractivity contribution in [3.05, 3.63) is 36.3 Å². The molecule has 1 N–H and O–H groups in total. The van der Waals surface area contributed by atoms with Crippen LogP contribution in [0.4, 0.5) is 11.6 Å². The van der Waals surface area contributed by atoms with Crippen molar-refractivity contribution in [1.82, 2.24) is 15.0 Å². The van der Waals surface area contributed by atoms with Crippen LogP contribution in [0.15, 0.2) is 30.7 Å². The molecule has 7 nitrogen and oxygen atoms in total. The molecule has 3 heterocycles. The lowest BCUT2D eigenvalue weighted by Crippen LogP contribution is -2.26. The Hall–Kier alpha value is -2.70. The molecule has 1 fully saturated rings. The van der Waals surface area contributed by atoms with Crippen LogP contribution in [0.1, 0.15) is 36.0 Å². The zero-order valence-corrected chi connectivity index (χ0v) is 13.7. The molecular formula is C17H21N5O2. The van der Waals surface area contributed by atoms with Gasteiger partial charge in [0.25, 0.3) is 5.91 Å². The van der Waals surface area contributed by atoms with Gasteiger partial charge in [-0.2, -0.15) is 0 Å². The highest BCUT2D eigenvalue weighted by Gasteiger charge is 2.13. The lowest BCUT2D eigenvalue weighted by Gasteiger charge is -2.19. The standard InChI is InChI=1S/C17H21N5O2/c1-24-15-7-6-13(10-18-15)16(23)21-14-11-19-17(20-12-14)22-8-4-2-3-5-9-22/h6-7,10-12H,2-5,8-9H2,1H3,(H,21,23). The van der Waals surface area contributed by atoms with Crippen LogP contribution in [-0.4, -0.2) is 41.1 Å². The summed E-state index contributed by atoms with van der Waals surface area (Å²) < 4.78 is 4.98. The molecule has 0 aliphatic carbocycles. The Morgan fingerprint density at radius 2 is 1.75 bits per heavy atom. The van der Waals surface area contributed by atoms with E-state index in [1.165, 1.54) is 39.0 Å². The van der Waals surface area contributed by atoms with Crippen molar-refractivity contribution in [3.8, 4) is 5.88 Å². The molecule has 0 saturated carbocycles. The van der Waals surface area contributed by atoms with Gasteiger partial charge in [-0.05, 0) is 18.9 Å². The van der Waals surface area contributed by atoms with E-state index >= 15 is 0 Å². The minimum atomic E-state index is -0.253. The first kappa shape index (κ1) is 16.2. The van der Waals surface area contributed by atoms with Crippen LogP contribution >= 0.6 is 0 Å². The summed E-state index contributed by atoms with van der Waals surface area (Å²) in [6.07, 6.45) is 9.63. The number of anilines is 2. The largest absolute Gasteiger partial charge is 0.481 e. The second kappa shape index (κ2) is 7.72. The van der Waals surface area contributed by atoms with Crippen molar-refractivity contribution in [3.63, 3.8) is 0 Å². The van der Waals surface area contributed by atoms with Crippen LogP contribution in [0.3, 0.4) is 0 Å². The first-order chi connectivity index (χ1) is 11.8. The third-order valence-electron chi connectivity index (χ3n) is 3.99. The Morgan fingerprint density at radius 3 is 2.33 bits per heavy atom. The summed E-state index contributed by atoms with van der Waals surface area (Å²) in [7, 11) is 1.53. The summed E-state index contributed by atoms with van der Waals surface area (Å²) in [6, 6.07) is 3.31. The highest BCUT2D eigenvalue weighted by Crippen LogP contribution is 2.16. The second-order valence-electron chi connectivity index (χ2n) is 5.72. The zero-order valence-electron chi connectivity index (χ0n) is 13.7. The fourth-order valence-electron chi connectivity index (χ4n) is 2.66. The van der Waals surface area contributed by atoms with Crippen LogP contribution in [0.2, 0.25) is 0 Å². The number of rotatable bonds is 4. The number of carbonyl (C=O) groups excluding carboxylic acids is 1. The molecular weight excluding hydrogens is 306 g/mol. The molecule has 2 aromatic heterocycles. The molecule has 0 radical (unpaired) electrons. The first-order valence-corrected chi connectivity index (χ1v) is 8.14. The number of methoxy groups -OCH3 is 1. The summed E-state index contributed by atoms with van der Waals surface area (Å²) in [5, 5.41) is 2.77. The Balaban J connectivity index is 1.63. The predicted molar refractivity (Wildman–Crippen MR) is 91.5 cm³/mol. The molecule has 0 atom stereocenters. The van der Waals surface area contributed by atoms with E-state index in [9.17, 15) is 4.79 Å². The number of nitrogens with zero attached hydrogens (tertiary/aromatic N) is 4. The van der Waals surface area contributed by atoms with Crippen molar-refractivity contribution >= 4 is 17.5 Å². The molecule has 1 aliphatic rings. The molecule has 0 spiro atoms. The van der Waals surface area contributed by atoms with Gasteiger partial charge in [0, 0.05) is 25.4 Å². The minimum Gasteiger partial charge on any atom is -0.481 e.